The maximum absolute atomic E-state index is 5.09. The first-order valence-corrected chi connectivity index (χ1v) is 5.32. The van der Waals surface area contributed by atoms with E-state index >= 15 is 0 Å². The minimum absolute atomic E-state index is 0.619. The van der Waals surface area contributed by atoms with E-state index in [0.29, 0.717) is 5.88 Å². The molecule has 0 amide bonds. The summed E-state index contributed by atoms with van der Waals surface area (Å²) in [6.07, 6.45) is 1.33. The summed E-state index contributed by atoms with van der Waals surface area (Å²) < 4.78 is 5.09. The molecule has 4 nitrogen and oxygen atoms in total. The van der Waals surface area contributed by atoms with Gasteiger partial charge in [0.05, 0.1) is 7.11 Å². The molecule has 1 saturated carbocycles. The van der Waals surface area contributed by atoms with Crippen molar-refractivity contribution < 1.29 is 4.74 Å². The Morgan fingerprint density at radius 2 is 2.27 bits per heavy atom. The first kappa shape index (κ1) is 10.2. The second-order valence-corrected chi connectivity index (χ2v) is 4.20. The van der Waals surface area contributed by atoms with Gasteiger partial charge in [0.1, 0.15) is 11.6 Å². The summed E-state index contributed by atoms with van der Waals surface area (Å²) in [5, 5.41) is 3.32. The van der Waals surface area contributed by atoms with Crippen molar-refractivity contribution in [1.82, 2.24) is 9.97 Å². The number of nitrogens with zero attached hydrogens (tertiary/aromatic N) is 2. The average Bonchev–Trinajstić information content (AvgIpc) is 2.91. The van der Waals surface area contributed by atoms with Crippen molar-refractivity contribution in [2.75, 3.05) is 19.0 Å². The molecule has 0 saturated heterocycles. The average molecular weight is 207 g/mol. The summed E-state index contributed by atoms with van der Waals surface area (Å²) in [6.45, 7) is 5.15. The predicted octanol–water partition coefficient (Wildman–Crippen LogP) is 1.86. The molecule has 1 aliphatic rings. The summed E-state index contributed by atoms with van der Waals surface area (Å²) in [5.74, 6) is 3.89. The normalized spacial score (nSPS) is 23.7. The highest BCUT2D eigenvalue weighted by molar-refractivity contribution is 5.38. The molecule has 0 radical (unpaired) electrons. The fourth-order valence-electron chi connectivity index (χ4n) is 1.65. The molecular formula is C11H17N3O. The van der Waals surface area contributed by atoms with Crippen molar-refractivity contribution in [3.63, 3.8) is 0 Å². The zero-order chi connectivity index (χ0) is 10.8. The van der Waals surface area contributed by atoms with Gasteiger partial charge in [0.25, 0.3) is 0 Å². The molecule has 1 aliphatic carbocycles. The second kappa shape index (κ2) is 4.04. The Morgan fingerprint density at radius 3 is 2.87 bits per heavy atom. The highest BCUT2D eigenvalue weighted by Crippen LogP contribution is 2.37. The maximum atomic E-state index is 5.09. The first-order chi connectivity index (χ1) is 7.19. The minimum atomic E-state index is 0.619. The molecule has 2 atom stereocenters. The third-order valence-electron chi connectivity index (χ3n) is 2.85. The summed E-state index contributed by atoms with van der Waals surface area (Å²) >= 11 is 0. The van der Waals surface area contributed by atoms with Crippen molar-refractivity contribution in [3.8, 4) is 5.88 Å². The number of aryl methyl sites for hydroxylation is 1. The Bertz CT molecular complexity index is 354. The Morgan fingerprint density at radius 1 is 1.53 bits per heavy atom. The van der Waals surface area contributed by atoms with Crippen LogP contribution < -0.4 is 10.1 Å². The van der Waals surface area contributed by atoms with E-state index in [1.807, 2.05) is 13.0 Å². The number of nitrogens with one attached hydrogen (secondary N) is 1. The number of aromatic nitrogens is 2. The van der Waals surface area contributed by atoms with Crippen LogP contribution in [0.25, 0.3) is 0 Å². The van der Waals surface area contributed by atoms with E-state index in [9.17, 15) is 0 Å². The van der Waals surface area contributed by atoms with Crippen LogP contribution in [0.15, 0.2) is 6.07 Å². The van der Waals surface area contributed by atoms with Gasteiger partial charge in [-0.1, -0.05) is 6.92 Å². The molecule has 0 aromatic carbocycles. The van der Waals surface area contributed by atoms with Crippen LogP contribution in [-0.4, -0.2) is 23.6 Å². The molecule has 4 heteroatoms. The van der Waals surface area contributed by atoms with Gasteiger partial charge in [-0.15, -0.1) is 0 Å². The quantitative estimate of drug-likeness (QED) is 0.818. The molecule has 82 valence electrons. The van der Waals surface area contributed by atoms with Crippen LogP contribution in [0.2, 0.25) is 0 Å². The number of ether oxygens (including phenoxy) is 1. The fraction of sp³-hybridized carbons (Fsp3) is 0.636. The lowest BCUT2D eigenvalue weighted by atomic mass is 10.3. The lowest BCUT2D eigenvalue weighted by Gasteiger charge is -2.07. The molecule has 1 fully saturated rings. The van der Waals surface area contributed by atoms with Crippen LogP contribution in [0.4, 0.5) is 5.82 Å². The second-order valence-electron chi connectivity index (χ2n) is 4.20. The first-order valence-electron chi connectivity index (χ1n) is 5.32. The summed E-state index contributed by atoms with van der Waals surface area (Å²) in [7, 11) is 1.62. The van der Waals surface area contributed by atoms with E-state index in [1.165, 1.54) is 6.42 Å². The molecular weight excluding hydrogens is 190 g/mol. The maximum Gasteiger partial charge on any atom is 0.218 e. The fourth-order valence-corrected chi connectivity index (χ4v) is 1.65. The van der Waals surface area contributed by atoms with E-state index in [-0.39, 0.29) is 0 Å². The highest BCUT2D eigenvalue weighted by atomic mass is 16.5. The Hall–Kier alpha value is -1.32. The van der Waals surface area contributed by atoms with Crippen molar-refractivity contribution in [3.05, 3.63) is 11.9 Å². The predicted molar refractivity (Wildman–Crippen MR) is 59.1 cm³/mol. The Kier molecular flexibility index (Phi) is 2.75. The van der Waals surface area contributed by atoms with Gasteiger partial charge in [0, 0.05) is 12.6 Å². The smallest absolute Gasteiger partial charge is 0.218 e. The van der Waals surface area contributed by atoms with Gasteiger partial charge in [-0.05, 0) is 25.2 Å². The van der Waals surface area contributed by atoms with Crippen molar-refractivity contribution in [1.29, 1.82) is 0 Å². The molecule has 2 unspecified atom stereocenters. The minimum Gasteiger partial charge on any atom is -0.481 e. The molecule has 0 spiro atoms. The molecule has 2 rings (SSSR count). The zero-order valence-electron chi connectivity index (χ0n) is 9.45. The molecule has 0 aliphatic heterocycles. The number of anilines is 1. The van der Waals surface area contributed by atoms with Gasteiger partial charge >= 0.3 is 0 Å². The van der Waals surface area contributed by atoms with Crippen molar-refractivity contribution >= 4 is 5.82 Å². The van der Waals surface area contributed by atoms with E-state index in [4.69, 9.17) is 4.74 Å². The van der Waals surface area contributed by atoms with Crippen LogP contribution in [0.5, 0.6) is 5.88 Å². The summed E-state index contributed by atoms with van der Waals surface area (Å²) in [4.78, 5) is 8.44. The van der Waals surface area contributed by atoms with Gasteiger partial charge in [-0.25, -0.2) is 4.98 Å². The largest absolute Gasteiger partial charge is 0.481 e. The Balaban J connectivity index is 1.97. The number of hydrogen-bond donors (Lipinski definition) is 1. The van der Waals surface area contributed by atoms with Crippen molar-refractivity contribution in [2.24, 2.45) is 11.8 Å². The molecule has 1 aromatic heterocycles. The Labute approximate surface area is 90.1 Å². The van der Waals surface area contributed by atoms with Crippen LogP contribution in [0.3, 0.4) is 0 Å². The van der Waals surface area contributed by atoms with Gasteiger partial charge in [-0.2, -0.15) is 4.98 Å². The van der Waals surface area contributed by atoms with Gasteiger partial charge in [0.15, 0.2) is 0 Å². The topological polar surface area (TPSA) is 47.0 Å². The van der Waals surface area contributed by atoms with Crippen LogP contribution in [0, 0.1) is 18.8 Å². The monoisotopic (exact) mass is 207 g/mol. The van der Waals surface area contributed by atoms with Crippen LogP contribution in [0.1, 0.15) is 19.2 Å². The number of rotatable bonds is 4. The third kappa shape index (κ3) is 2.58. The highest BCUT2D eigenvalue weighted by Gasteiger charge is 2.31. The van der Waals surface area contributed by atoms with Gasteiger partial charge in [-0.3, -0.25) is 0 Å². The number of hydrogen-bond acceptors (Lipinski definition) is 4. The van der Waals surface area contributed by atoms with Crippen LogP contribution in [-0.2, 0) is 0 Å². The SMILES string of the molecule is COc1cc(NCC2CC2C)nc(C)n1. The lowest BCUT2D eigenvalue weighted by molar-refractivity contribution is 0.396. The van der Waals surface area contributed by atoms with Gasteiger partial charge < -0.3 is 10.1 Å². The van der Waals surface area contributed by atoms with E-state index in [2.05, 4.69) is 22.2 Å². The standard InChI is InChI=1S/C11H17N3O/c1-7-4-9(7)6-12-10-5-11(15-3)14-8(2)13-10/h5,7,9H,4,6H2,1-3H3,(H,12,13,14). The van der Waals surface area contributed by atoms with E-state index in [0.717, 1.165) is 30.0 Å². The third-order valence-corrected chi connectivity index (χ3v) is 2.85. The summed E-state index contributed by atoms with van der Waals surface area (Å²) in [6, 6.07) is 1.83. The van der Waals surface area contributed by atoms with Gasteiger partial charge in [0.2, 0.25) is 5.88 Å². The number of methoxy groups -OCH3 is 1. The zero-order valence-corrected chi connectivity index (χ0v) is 9.45. The molecule has 1 N–H and O–H groups in total. The molecule has 15 heavy (non-hydrogen) atoms. The van der Waals surface area contributed by atoms with Crippen LogP contribution >= 0.6 is 0 Å². The van der Waals surface area contributed by atoms with Crippen molar-refractivity contribution in [2.45, 2.75) is 20.3 Å². The summed E-state index contributed by atoms with van der Waals surface area (Å²) in [5.41, 5.74) is 0. The lowest BCUT2D eigenvalue weighted by Crippen LogP contribution is -2.07. The van der Waals surface area contributed by atoms with E-state index in [1.54, 1.807) is 7.11 Å². The molecule has 1 heterocycles. The molecule has 1 aromatic rings. The molecule has 0 bridgehead atoms. The van der Waals surface area contributed by atoms with E-state index < -0.39 is 0 Å².